The van der Waals surface area contributed by atoms with Crippen molar-refractivity contribution in [1.82, 2.24) is 5.32 Å². The van der Waals surface area contributed by atoms with Gasteiger partial charge in [-0.25, -0.2) is 0 Å². The van der Waals surface area contributed by atoms with Crippen molar-refractivity contribution in [2.45, 2.75) is 96.6 Å². The van der Waals surface area contributed by atoms with Gasteiger partial charge in [-0.2, -0.15) is 0 Å². The van der Waals surface area contributed by atoms with Crippen LogP contribution in [0.1, 0.15) is 85.0 Å². The summed E-state index contributed by atoms with van der Waals surface area (Å²) in [6.07, 6.45) is 13.2. The minimum absolute atomic E-state index is 0.252. The van der Waals surface area contributed by atoms with Crippen molar-refractivity contribution in [1.29, 1.82) is 0 Å². The molecule has 2 aliphatic rings. The average Bonchev–Trinajstić information content (AvgIpc) is 2.85. The smallest absolute Gasteiger partial charge is 0.0697 e. The van der Waals surface area contributed by atoms with Crippen LogP contribution >= 0.6 is 0 Å². The fraction of sp³-hybridized carbons (Fsp3) is 1.00. The summed E-state index contributed by atoms with van der Waals surface area (Å²) >= 11 is 0. The molecule has 1 spiro atoms. The summed E-state index contributed by atoms with van der Waals surface area (Å²) < 4.78 is 6.13. The Morgan fingerprint density at radius 2 is 1.95 bits per heavy atom. The largest absolute Gasteiger partial charge is 0.375 e. The summed E-state index contributed by atoms with van der Waals surface area (Å²) in [6, 6.07) is 0.687. The molecule has 20 heavy (non-hydrogen) atoms. The predicted octanol–water partition coefficient (Wildman–Crippen LogP) is 4.67. The molecule has 1 atom stereocenters. The Labute approximate surface area is 126 Å². The molecule has 2 rings (SSSR count). The maximum absolute atomic E-state index is 6.13. The van der Waals surface area contributed by atoms with Crippen molar-refractivity contribution in [3.8, 4) is 0 Å². The maximum atomic E-state index is 6.13. The summed E-state index contributed by atoms with van der Waals surface area (Å²) in [6.45, 7) is 9.25. The van der Waals surface area contributed by atoms with Gasteiger partial charge in [-0.05, 0) is 37.5 Å². The highest BCUT2D eigenvalue weighted by Gasteiger charge is 2.39. The van der Waals surface area contributed by atoms with E-state index in [-0.39, 0.29) is 5.60 Å². The summed E-state index contributed by atoms with van der Waals surface area (Å²) in [4.78, 5) is 0. The fourth-order valence-corrected chi connectivity index (χ4v) is 3.93. The fourth-order valence-electron chi connectivity index (χ4n) is 3.93. The third-order valence-corrected chi connectivity index (χ3v) is 5.33. The van der Waals surface area contributed by atoms with Crippen LogP contribution in [0.3, 0.4) is 0 Å². The van der Waals surface area contributed by atoms with E-state index in [1.165, 1.54) is 64.2 Å². The zero-order valence-corrected chi connectivity index (χ0v) is 14.0. The van der Waals surface area contributed by atoms with Gasteiger partial charge < -0.3 is 10.1 Å². The molecular weight excluding hydrogens is 246 g/mol. The lowest BCUT2D eigenvalue weighted by Crippen LogP contribution is -2.47. The van der Waals surface area contributed by atoms with E-state index in [1.54, 1.807) is 0 Å². The summed E-state index contributed by atoms with van der Waals surface area (Å²) in [5.41, 5.74) is 0.693. The number of hydrogen-bond donors (Lipinski definition) is 1. The predicted molar refractivity (Wildman–Crippen MR) is 86.1 cm³/mol. The minimum atomic E-state index is 0.252. The van der Waals surface area contributed by atoms with Gasteiger partial charge in [0.05, 0.1) is 5.60 Å². The van der Waals surface area contributed by atoms with Gasteiger partial charge in [0.2, 0.25) is 0 Å². The van der Waals surface area contributed by atoms with E-state index in [9.17, 15) is 0 Å². The highest BCUT2D eigenvalue weighted by Crippen LogP contribution is 2.40. The SMILES string of the molecule is CCCCCC(C)(C)CNC1CCOC2(CCCC2)C1. The van der Waals surface area contributed by atoms with Crippen molar-refractivity contribution in [2.75, 3.05) is 13.2 Å². The van der Waals surface area contributed by atoms with Crippen LogP contribution in [0.4, 0.5) is 0 Å². The Kier molecular flexibility index (Phi) is 5.92. The van der Waals surface area contributed by atoms with Crippen LogP contribution in [0.15, 0.2) is 0 Å². The monoisotopic (exact) mass is 281 g/mol. The molecule has 0 aromatic rings. The molecule has 1 unspecified atom stereocenters. The van der Waals surface area contributed by atoms with Crippen LogP contribution in [-0.4, -0.2) is 24.8 Å². The Hall–Kier alpha value is -0.0800. The molecule has 1 aliphatic carbocycles. The molecule has 2 heteroatoms. The Morgan fingerprint density at radius 3 is 2.65 bits per heavy atom. The number of rotatable bonds is 7. The summed E-state index contributed by atoms with van der Waals surface area (Å²) in [5, 5.41) is 3.86. The van der Waals surface area contributed by atoms with E-state index in [4.69, 9.17) is 4.74 Å². The number of hydrogen-bond acceptors (Lipinski definition) is 2. The Bertz CT molecular complexity index is 281. The molecular formula is C18H35NO. The summed E-state index contributed by atoms with van der Waals surface area (Å²) in [7, 11) is 0. The second kappa shape index (κ2) is 7.26. The third-order valence-electron chi connectivity index (χ3n) is 5.33. The molecule has 0 aromatic heterocycles. The number of unbranched alkanes of at least 4 members (excludes halogenated alkanes) is 2. The standard InChI is InChI=1S/C18H35NO/c1-4-5-6-10-17(2,3)15-19-16-9-13-20-18(14-16)11-7-8-12-18/h16,19H,4-15H2,1-3H3. The highest BCUT2D eigenvalue weighted by molar-refractivity contribution is 4.93. The quantitative estimate of drug-likeness (QED) is 0.684. The van der Waals surface area contributed by atoms with Gasteiger partial charge >= 0.3 is 0 Å². The van der Waals surface area contributed by atoms with E-state index in [2.05, 4.69) is 26.1 Å². The lowest BCUT2D eigenvalue weighted by molar-refractivity contribution is -0.0843. The van der Waals surface area contributed by atoms with Gasteiger partial charge in [0, 0.05) is 19.2 Å². The first-order chi connectivity index (χ1) is 9.55. The van der Waals surface area contributed by atoms with Crippen LogP contribution in [0.5, 0.6) is 0 Å². The molecule has 118 valence electrons. The second-order valence-electron chi connectivity index (χ2n) is 7.93. The van der Waals surface area contributed by atoms with Crippen molar-refractivity contribution in [3.63, 3.8) is 0 Å². The first-order valence-corrected chi connectivity index (χ1v) is 8.93. The molecule has 1 aliphatic heterocycles. The van der Waals surface area contributed by atoms with E-state index in [1.807, 2.05) is 0 Å². The average molecular weight is 281 g/mol. The molecule has 0 radical (unpaired) electrons. The van der Waals surface area contributed by atoms with Crippen LogP contribution in [0.2, 0.25) is 0 Å². The topological polar surface area (TPSA) is 21.3 Å². The van der Waals surface area contributed by atoms with Gasteiger partial charge in [-0.3, -0.25) is 0 Å². The van der Waals surface area contributed by atoms with Crippen LogP contribution < -0.4 is 5.32 Å². The number of ether oxygens (including phenoxy) is 1. The molecule has 0 aromatic carbocycles. The van der Waals surface area contributed by atoms with E-state index >= 15 is 0 Å². The Morgan fingerprint density at radius 1 is 1.20 bits per heavy atom. The summed E-state index contributed by atoms with van der Waals surface area (Å²) in [5.74, 6) is 0. The number of nitrogens with one attached hydrogen (secondary N) is 1. The first-order valence-electron chi connectivity index (χ1n) is 8.93. The van der Waals surface area contributed by atoms with E-state index in [0.29, 0.717) is 11.5 Å². The van der Waals surface area contributed by atoms with Crippen molar-refractivity contribution < 1.29 is 4.74 Å². The molecule has 0 amide bonds. The molecule has 0 bridgehead atoms. The van der Waals surface area contributed by atoms with Crippen molar-refractivity contribution in [3.05, 3.63) is 0 Å². The van der Waals surface area contributed by atoms with Crippen LogP contribution in [-0.2, 0) is 4.74 Å². The molecule has 2 fully saturated rings. The minimum Gasteiger partial charge on any atom is -0.375 e. The lowest BCUT2D eigenvalue weighted by atomic mass is 9.85. The Balaban J connectivity index is 1.72. The van der Waals surface area contributed by atoms with E-state index in [0.717, 1.165) is 13.2 Å². The molecule has 1 N–H and O–H groups in total. The third kappa shape index (κ3) is 4.73. The van der Waals surface area contributed by atoms with Crippen molar-refractivity contribution in [2.24, 2.45) is 5.41 Å². The molecule has 1 saturated carbocycles. The van der Waals surface area contributed by atoms with Gasteiger partial charge in [-0.1, -0.05) is 52.9 Å². The van der Waals surface area contributed by atoms with Gasteiger partial charge in [0.1, 0.15) is 0 Å². The maximum Gasteiger partial charge on any atom is 0.0697 e. The lowest BCUT2D eigenvalue weighted by Gasteiger charge is -2.40. The second-order valence-corrected chi connectivity index (χ2v) is 7.93. The van der Waals surface area contributed by atoms with Gasteiger partial charge in [0.25, 0.3) is 0 Å². The molecule has 1 saturated heterocycles. The van der Waals surface area contributed by atoms with Crippen LogP contribution in [0.25, 0.3) is 0 Å². The molecule has 1 heterocycles. The van der Waals surface area contributed by atoms with E-state index < -0.39 is 0 Å². The van der Waals surface area contributed by atoms with Crippen LogP contribution in [0, 0.1) is 5.41 Å². The molecule has 2 nitrogen and oxygen atoms in total. The zero-order chi connectivity index (χ0) is 14.5. The normalized spacial score (nSPS) is 26.2. The highest BCUT2D eigenvalue weighted by atomic mass is 16.5. The van der Waals surface area contributed by atoms with Gasteiger partial charge in [0.15, 0.2) is 0 Å². The zero-order valence-electron chi connectivity index (χ0n) is 14.0. The van der Waals surface area contributed by atoms with Gasteiger partial charge in [-0.15, -0.1) is 0 Å². The first kappa shape index (κ1) is 16.3. The van der Waals surface area contributed by atoms with Crippen molar-refractivity contribution >= 4 is 0 Å².